The molecule has 4 aromatic rings. The number of ether oxygens (including phenoxy) is 4. The lowest BCUT2D eigenvalue weighted by Crippen LogP contribution is -2.19. The van der Waals surface area contributed by atoms with Gasteiger partial charge in [-0.25, -0.2) is 15.0 Å². The van der Waals surface area contributed by atoms with Crippen LogP contribution in [0.2, 0.25) is 0 Å². The van der Waals surface area contributed by atoms with E-state index in [4.69, 9.17) is 33.9 Å². The third-order valence-corrected chi connectivity index (χ3v) is 6.70. The van der Waals surface area contributed by atoms with Crippen LogP contribution in [0.1, 0.15) is 69.4 Å². The summed E-state index contributed by atoms with van der Waals surface area (Å²) in [5, 5.41) is 0. The third-order valence-electron chi connectivity index (χ3n) is 6.70. The van der Waals surface area contributed by atoms with E-state index in [1.165, 1.54) is 0 Å². The predicted molar refractivity (Wildman–Crippen MR) is 189 cm³/mol. The second-order valence-electron chi connectivity index (χ2n) is 11.8. The average molecular weight is 620 g/mol. The SMILES string of the molecule is COc1ccccc1/N=C(\OC(C)C)c1cc(/C(=N/c2ccccc2C)OC(C)C)cc(/C(=N/c2ccccc2C)OC(C)C)c1. The first-order valence-electron chi connectivity index (χ1n) is 15.7. The van der Waals surface area contributed by atoms with Gasteiger partial charge in [0.15, 0.2) is 0 Å². The lowest BCUT2D eigenvalue weighted by Gasteiger charge is -2.19. The van der Waals surface area contributed by atoms with Crippen molar-refractivity contribution in [3.63, 3.8) is 0 Å². The maximum absolute atomic E-state index is 6.39. The molecule has 4 rings (SSSR count). The molecule has 0 saturated heterocycles. The van der Waals surface area contributed by atoms with Crippen LogP contribution < -0.4 is 4.74 Å². The first-order valence-corrected chi connectivity index (χ1v) is 15.7. The Bertz CT molecular complexity index is 1630. The summed E-state index contributed by atoms with van der Waals surface area (Å²) in [5.74, 6) is 1.99. The van der Waals surface area contributed by atoms with Gasteiger partial charge >= 0.3 is 0 Å². The number of aliphatic imine (C=N–C) groups is 3. The van der Waals surface area contributed by atoms with Crippen LogP contribution in [0.25, 0.3) is 0 Å². The number of aryl methyl sites for hydroxylation is 2. The highest BCUT2D eigenvalue weighted by atomic mass is 16.5. The predicted octanol–water partition coefficient (Wildman–Crippen LogP) is 9.82. The largest absolute Gasteiger partial charge is 0.494 e. The summed E-state index contributed by atoms with van der Waals surface area (Å²) in [4.78, 5) is 15.0. The van der Waals surface area contributed by atoms with Gasteiger partial charge in [-0.15, -0.1) is 0 Å². The van der Waals surface area contributed by atoms with E-state index in [0.29, 0.717) is 34.7 Å². The summed E-state index contributed by atoms with van der Waals surface area (Å²) in [6.07, 6.45) is -0.411. The zero-order chi connectivity index (χ0) is 33.2. The molecule has 7 heteroatoms. The van der Waals surface area contributed by atoms with Gasteiger partial charge in [0.1, 0.15) is 11.4 Å². The Balaban J connectivity index is 2.04. The molecular weight excluding hydrogens is 574 g/mol. The van der Waals surface area contributed by atoms with Gasteiger partial charge in [-0.3, -0.25) is 0 Å². The standard InChI is InChI=1S/C39H45N3O4/c1-25(2)44-37(40-33-18-12-10-16-28(33)7)30-22-31(38(45-26(3)4)41-34-19-13-11-17-29(34)8)24-32(23-30)39(46-27(5)6)42-35-20-14-15-21-36(35)43-9/h10-27H,1-9H3/b40-37-,41-38-,42-39-. The third kappa shape index (κ3) is 9.30. The highest BCUT2D eigenvalue weighted by Gasteiger charge is 2.20. The minimum absolute atomic E-state index is 0.129. The van der Waals surface area contributed by atoms with Crippen LogP contribution in [0.3, 0.4) is 0 Å². The van der Waals surface area contributed by atoms with Crippen molar-refractivity contribution in [1.82, 2.24) is 0 Å². The van der Waals surface area contributed by atoms with Crippen molar-refractivity contribution >= 4 is 34.8 Å². The summed E-state index contributed by atoms with van der Waals surface area (Å²) >= 11 is 0. The van der Waals surface area contributed by atoms with Gasteiger partial charge in [0.2, 0.25) is 17.7 Å². The molecule has 0 atom stereocenters. The summed E-state index contributed by atoms with van der Waals surface area (Å²) in [6.45, 7) is 16.0. The number of methoxy groups -OCH3 is 1. The molecule has 0 aliphatic carbocycles. The maximum atomic E-state index is 6.39. The molecule has 0 spiro atoms. The monoisotopic (exact) mass is 619 g/mol. The van der Waals surface area contributed by atoms with Crippen LogP contribution >= 0.6 is 0 Å². The Labute approximate surface area is 273 Å². The fourth-order valence-electron chi connectivity index (χ4n) is 4.57. The van der Waals surface area contributed by atoms with E-state index >= 15 is 0 Å². The molecule has 0 radical (unpaired) electrons. The maximum Gasteiger partial charge on any atom is 0.221 e. The molecule has 4 aromatic carbocycles. The molecule has 7 nitrogen and oxygen atoms in total. The number of rotatable bonds is 10. The van der Waals surface area contributed by atoms with Crippen LogP contribution in [0.4, 0.5) is 17.1 Å². The summed E-state index contributed by atoms with van der Waals surface area (Å²) in [6, 6.07) is 29.5. The fourth-order valence-corrected chi connectivity index (χ4v) is 4.57. The highest BCUT2D eigenvalue weighted by Crippen LogP contribution is 2.29. The molecule has 0 bridgehead atoms. The van der Waals surface area contributed by atoms with Gasteiger partial charge in [-0.1, -0.05) is 48.5 Å². The molecule has 0 unspecified atom stereocenters. The van der Waals surface area contributed by atoms with E-state index in [1.54, 1.807) is 7.11 Å². The Kier molecular flexibility index (Phi) is 11.7. The van der Waals surface area contributed by atoms with Gasteiger partial charge in [0.05, 0.1) is 36.8 Å². The zero-order valence-electron chi connectivity index (χ0n) is 28.4. The van der Waals surface area contributed by atoms with E-state index in [-0.39, 0.29) is 18.3 Å². The Morgan fingerprint density at radius 3 is 1.15 bits per heavy atom. The molecule has 0 saturated carbocycles. The van der Waals surface area contributed by atoms with Crippen LogP contribution in [0.5, 0.6) is 5.75 Å². The minimum Gasteiger partial charge on any atom is -0.494 e. The fraction of sp³-hybridized carbons (Fsp3) is 0.308. The first-order chi connectivity index (χ1) is 22.0. The molecular formula is C39H45N3O4. The van der Waals surface area contributed by atoms with Gasteiger partial charge in [0.25, 0.3) is 0 Å². The molecule has 240 valence electrons. The van der Waals surface area contributed by atoms with Gasteiger partial charge in [-0.2, -0.15) is 0 Å². The van der Waals surface area contributed by atoms with Crippen molar-refractivity contribution in [2.45, 2.75) is 73.7 Å². The van der Waals surface area contributed by atoms with Crippen LogP contribution in [-0.2, 0) is 14.2 Å². The Morgan fingerprint density at radius 2 is 0.804 bits per heavy atom. The van der Waals surface area contributed by atoms with Crippen molar-refractivity contribution < 1.29 is 18.9 Å². The van der Waals surface area contributed by atoms with Gasteiger partial charge < -0.3 is 18.9 Å². The quantitative estimate of drug-likeness (QED) is 0.131. The summed E-state index contributed by atoms with van der Waals surface area (Å²) in [5.41, 5.74) is 6.53. The number of nitrogens with zero attached hydrogens (tertiary/aromatic N) is 3. The van der Waals surface area contributed by atoms with E-state index < -0.39 is 0 Å². The van der Waals surface area contributed by atoms with Crippen molar-refractivity contribution in [3.05, 3.63) is 119 Å². The molecule has 46 heavy (non-hydrogen) atoms. The second-order valence-corrected chi connectivity index (χ2v) is 11.8. The molecule has 0 amide bonds. The van der Waals surface area contributed by atoms with E-state index in [2.05, 4.69) is 0 Å². The lowest BCUT2D eigenvalue weighted by atomic mass is 10.0. The molecule has 0 aromatic heterocycles. The molecule has 0 aliphatic rings. The van der Waals surface area contributed by atoms with Gasteiger partial charge in [-0.05, 0) is 109 Å². The number of hydrogen-bond acceptors (Lipinski definition) is 7. The van der Waals surface area contributed by atoms with E-state index in [0.717, 1.165) is 33.6 Å². The molecule has 0 heterocycles. The molecule has 0 N–H and O–H groups in total. The van der Waals surface area contributed by atoms with Crippen molar-refractivity contribution in [1.29, 1.82) is 0 Å². The Morgan fingerprint density at radius 1 is 0.478 bits per heavy atom. The highest BCUT2D eigenvalue weighted by molar-refractivity contribution is 6.06. The van der Waals surface area contributed by atoms with Crippen LogP contribution in [0.15, 0.2) is 106 Å². The van der Waals surface area contributed by atoms with Crippen molar-refractivity contribution in [3.8, 4) is 5.75 Å². The zero-order valence-corrected chi connectivity index (χ0v) is 28.4. The normalized spacial score (nSPS) is 12.6. The van der Waals surface area contributed by atoms with Crippen molar-refractivity contribution in [2.24, 2.45) is 15.0 Å². The van der Waals surface area contributed by atoms with E-state index in [1.807, 2.05) is 146 Å². The number of para-hydroxylation sites is 4. The molecule has 0 fully saturated rings. The van der Waals surface area contributed by atoms with E-state index in [9.17, 15) is 0 Å². The topological polar surface area (TPSA) is 74.0 Å². The lowest BCUT2D eigenvalue weighted by molar-refractivity contribution is 0.228. The van der Waals surface area contributed by atoms with Crippen molar-refractivity contribution in [2.75, 3.05) is 7.11 Å². The number of benzene rings is 4. The summed E-state index contributed by atoms with van der Waals surface area (Å²) in [7, 11) is 1.63. The molecule has 0 aliphatic heterocycles. The summed E-state index contributed by atoms with van der Waals surface area (Å²) < 4.78 is 24.8. The first kappa shape index (κ1) is 34.0. The van der Waals surface area contributed by atoms with Crippen LogP contribution in [0, 0.1) is 13.8 Å². The van der Waals surface area contributed by atoms with Crippen LogP contribution in [-0.4, -0.2) is 43.1 Å². The second kappa shape index (κ2) is 15.9. The number of hydrogen-bond donors (Lipinski definition) is 0. The Hall–Kier alpha value is -4.91. The minimum atomic E-state index is -0.153. The average Bonchev–Trinajstić information content (AvgIpc) is 3.01. The smallest absolute Gasteiger partial charge is 0.221 e. The van der Waals surface area contributed by atoms with Gasteiger partial charge in [0, 0.05) is 16.7 Å².